The van der Waals surface area contributed by atoms with E-state index in [9.17, 15) is 14.4 Å². The molecule has 0 radical (unpaired) electrons. The topological polar surface area (TPSA) is 124 Å². The number of rotatable bonds is 1. The number of nitrogens with one attached hydrogen (secondary N) is 1. The van der Waals surface area contributed by atoms with Gasteiger partial charge in [0, 0.05) is 6.42 Å². The summed E-state index contributed by atoms with van der Waals surface area (Å²) in [6.07, 6.45) is -0.794. The van der Waals surface area contributed by atoms with Crippen LogP contribution in [0.5, 0.6) is 5.75 Å². The predicted octanol–water partition coefficient (Wildman–Crippen LogP) is 1.41. The molecule has 9 nitrogen and oxygen atoms in total. The Kier molecular flexibility index (Phi) is 4.33. The Morgan fingerprint density at radius 1 is 1.46 bits per heavy atom. The minimum absolute atomic E-state index is 0.0666. The van der Waals surface area contributed by atoms with Crippen LogP contribution in [-0.2, 0) is 14.3 Å². The molecule has 3 rings (SSSR count). The van der Waals surface area contributed by atoms with Crippen LogP contribution in [0.1, 0.15) is 27.2 Å². The summed E-state index contributed by atoms with van der Waals surface area (Å²) >= 11 is 3.22. The Labute approximate surface area is 158 Å². The van der Waals surface area contributed by atoms with Gasteiger partial charge in [-0.2, -0.15) is 0 Å². The van der Waals surface area contributed by atoms with E-state index in [0.29, 0.717) is 10.4 Å². The number of aromatic nitrogens is 1. The number of likely N-dealkylation sites (tertiary alicyclic amines) is 1. The number of pyridine rings is 1. The summed E-state index contributed by atoms with van der Waals surface area (Å²) in [4.78, 5) is 42.3. The first kappa shape index (κ1) is 18.4. The van der Waals surface area contributed by atoms with Gasteiger partial charge in [0.25, 0.3) is 5.91 Å². The number of primary amides is 1. The number of amides is 3. The lowest BCUT2D eigenvalue weighted by molar-refractivity contribution is -0.131. The molecule has 1 aromatic heterocycles. The van der Waals surface area contributed by atoms with Crippen molar-refractivity contribution in [3.63, 3.8) is 0 Å². The fourth-order valence-corrected chi connectivity index (χ4v) is 3.26. The van der Waals surface area contributed by atoms with Gasteiger partial charge in [0.05, 0.1) is 6.54 Å². The zero-order chi connectivity index (χ0) is 19.3. The Morgan fingerprint density at radius 2 is 2.15 bits per heavy atom. The monoisotopic (exact) mass is 426 g/mol. The number of carbonyl (C=O) groups is 3. The van der Waals surface area contributed by atoms with Crippen LogP contribution in [0.4, 0.5) is 10.6 Å². The lowest BCUT2D eigenvalue weighted by Crippen LogP contribution is -2.53. The predicted molar refractivity (Wildman–Crippen MR) is 94.5 cm³/mol. The summed E-state index contributed by atoms with van der Waals surface area (Å²) in [5.41, 5.74) is 3.26. The van der Waals surface area contributed by atoms with Gasteiger partial charge in [0.2, 0.25) is 11.5 Å². The molecule has 1 aromatic rings. The number of carbonyl (C=O) groups excluding carboxylic acids is 3. The number of nitrogens with zero attached hydrogens (tertiary/aromatic N) is 2. The van der Waals surface area contributed by atoms with Gasteiger partial charge >= 0.3 is 6.09 Å². The molecule has 1 fully saturated rings. The molecular weight excluding hydrogens is 408 g/mol. The molecule has 0 aromatic carbocycles. The Morgan fingerprint density at radius 3 is 2.77 bits per heavy atom. The first-order chi connectivity index (χ1) is 12.0. The number of hydrogen-bond acceptors (Lipinski definition) is 6. The van der Waals surface area contributed by atoms with Crippen molar-refractivity contribution < 1.29 is 23.9 Å². The summed E-state index contributed by atoms with van der Waals surface area (Å²) in [6, 6.07) is 2.29. The van der Waals surface area contributed by atoms with E-state index in [2.05, 4.69) is 26.2 Å². The van der Waals surface area contributed by atoms with Gasteiger partial charge in [-0.05, 0) is 48.8 Å². The third-order valence-corrected chi connectivity index (χ3v) is 4.50. The second-order valence-corrected chi connectivity index (χ2v) is 8.07. The van der Waals surface area contributed by atoms with Crippen molar-refractivity contribution in [2.45, 2.75) is 44.4 Å². The average Bonchev–Trinajstić information content (AvgIpc) is 2.88. The zero-order valence-corrected chi connectivity index (χ0v) is 16.1. The van der Waals surface area contributed by atoms with E-state index in [0.717, 1.165) is 4.90 Å². The number of ether oxygens (including phenoxy) is 2. The van der Waals surface area contributed by atoms with E-state index in [4.69, 9.17) is 15.2 Å². The largest absolute Gasteiger partial charge is 0.472 e. The SMILES string of the molecule is CC(C)(C)OC(=O)N1C[C@@]2(C[C@H]1C(N)=O)Oc1ccc(Br)nc1NC2=O. The fraction of sp³-hybridized carbons (Fsp3) is 0.500. The van der Waals surface area contributed by atoms with Gasteiger partial charge < -0.3 is 20.5 Å². The minimum atomic E-state index is -1.43. The minimum Gasteiger partial charge on any atom is -0.472 e. The van der Waals surface area contributed by atoms with Crippen molar-refractivity contribution in [1.82, 2.24) is 9.88 Å². The first-order valence-corrected chi connectivity index (χ1v) is 8.76. The van der Waals surface area contributed by atoms with E-state index in [1.54, 1.807) is 32.9 Å². The highest BCUT2D eigenvalue weighted by molar-refractivity contribution is 9.10. The molecule has 0 saturated carbocycles. The molecule has 0 bridgehead atoms. The molecule has 26 heavy (non-hydrogen) atoms. The first-order valence-electron chi connectivity index (χ1n) is 7.97. The molecule has 2 aliphatic heterocycles. The van der Waals surface area contributed by atoms with Crippen LogP contribution in [0.3, 0.4) is 0 Å². The van der Waals surface area contributed by atoms with E-state index in [-0.39, 0.29) is 18.8 Å². The molecule has 3 heterocycles. The van der Waals surface area contributed by atoms with Gasteiger partial charge in [-0.15, -0.1) is 0 Å². The van der Waals surface area contributed by atoms with Crippen LogP contribution >= 0.6 is 15.9 Å². The summed E-state index contributed by atoms with van der Waals surface area (Å²) in [5, 5.41) is 2.66. The fourth-order valence-electron chi connectivity index (χ4n) is 2.95. The summed E-state index contributed by atoms with van der Waals surface area (Å²) < 4.78 is 11.8. The van der Waals surface area contributed by atoms with Gasteiger partial charge in [0.1, 0.15) is 16.2 Å². The van der Waals surface area contributed by atoms with Crippen molar-refractivity contribution in [1.29, 1.82) is 0 Å². The lowest BCUT2D eigenvalue weighted by atomic mass is 9.97. The maximum Gasteiger partial charge on any atom is 0.411 e. The second kappa shape index (κ2) is 6.11. The van der Waals surface area contributed by atoms with Crippen molar-refractivity contribution in [2.24, 2.45) is 5.73 Å². The summed E-state index contributed by atoms with van der Waals surface area (Å²) in [7, 11) is 0. The lowest BCUT2D eigenvalue weighted by Gasteiger charge is -2.33. The quantitative estimate of drug-likeness (QED) is 0.654. The molecule has 0 unspecified atom stereocenters. The molecule has 2 aliphatic rings. The molecule has 0 aliphatic carbocycles. The molecule has 1 saturated heterocycles. The zero-order valence-electron chi connectivity index (χ0n) is 14.5. The smallest absolute Gasteiger partial charge is 0.411 e. The number of anilines is 1. The van der Waals surface area contributed by atoms with Crippen molar-refractivity contribution in [2.75, 3.05) is 11.9 Å². The Hall–Kier alpha value is -2.36. The van der Waals surface area contributed by atoms with Gasteiger partial charge in [-0.1, -0.05) is 0 Å². The molecule has 2 atom stereocenters. The third-order valence-electron chi connectivity index (χ3n) is 4.06. The highest BCUT2D eigenvalue weighted by Crippen LogP contribution is 2.40. The van der Waals surface area contributed by atoms with E-state index in [1.807, 2.05) is 0 Å². The van der Waals surface area contributed by atoms with Crippen LogP contribution in [0.2, 0.25) is 0 Å². The van der Waals surface area contributed by atoms with Crippen molar-refractivity contribution in [3.05, 3.63) is 16.7 Å². The number of halogens is 1. The highest BCUT2D eigenvalue weighted by Gasteiger charge is 2.57. The molecule has 3 amide bonds. The van der Waals surface area contributed by atoms with Gasteiger partial charge in [-0.3, -0.25) is 14.5 Å². The van der Waals surface area contributed by atoms with Crippen LogP contribution in [-0.4, -0.2) is 51.6 Å². The molecule has 140 valence electrons. The van der Waals surface area contributed by atoms with Crippen molar-refractivity contribution in [3.8, 4) is 5.75 Å². The van der Waals surface area contributed by atoms with Crippen LogP contribution < -0.4 is 15.8 Å². The third kappa shape index (κ3) is 3.33. The standard InChI is InChI=1S/C16H19BrN4O5/c1-15(2,3)26-14(24)21-7-16(6-8(21)11(18)22)13(23)20-12-9(25-16)4-5-10(17)19-12/h4-5,8H,6-7H2,1-3H3,(H2,18,22)(H,19,20,23)/t8-,16+/m0/s1. The molecule has 10 heteroatoms. The summed E-state index contributed by atoms with van der Waals surface area (Å²) in [5.74, 6) is -0.611. The van der Waals surface area contributed by atoms with Crippen LogP contribution in [0.15, 0.2) is 16.7 Å². The van der Waals surface area contributed by atoms with Crippen LogP contribution in [0.25, 0.3) is 0 Å². The Bertz CT molecular complexity index is 793. The summed E-state index contributed by atoms with van der Waals surface area (Å²) in [6.45, 7) is 4.97. The molecule has 3 N–H and O–H groups in total. The van der Waals surface area contributed by atoms with E-state index < -0.39 is 35.2 Å². The second-order valence-electron chi connectivity index (χ2n) is 7.26. The normalized spacial score (nSPS) is 24.7. The number of hydrogen-bond donors (Lipinski definition) is 2. The van der Waals surface area contributed by atoms with Gasteiger partial charge in [-0.25, -0.2) is 9.78 Å². The average molecular weight is 427 g/mol. The van der Waals surface area contributed by atoms with E-state index in [1.165, 1.54) is 0 Å². The highest BCUT2D eigenvalue weighted by atomic mass is 79.9. The van der Waals surface area contributed by atoms with Crippen LogP contribution in [0, 0.1) is 0 Å². The Balaban J connectivity index is 1.91. The number of fused-ring (bicyclic) bond motifs is 1. The van der Waals surface area contributed by atoms with E-state index >= 15 is 0 Å². The molecule has 1 spiro atoms. The number of nitrogens with two attached hydrogens (primary N) is 1. The molecular formula is C16H19BrN4O5. The van der Waals surface area contributed by atoms with Crippen molar-refractivity contribution >= 4 is 39.7 Å². The maximum absolute atomic E-state index is 12.7. The van der Waals surface area contributed by atoms with Gasteiger partial charge in [0.15, 0.2) is 11.6 Å². The maximum atomic E-state index is 12.7.